The van der Waals surface area contributed by atoms with Crippen molar-refractivity contribution in [3.05, 3.63) is 35.9 Å². The van der Waals surface area contributed by atoms with Crippen molar-refractivity contribution in [1.29, 1.82) is 0 Å². The van der Waals surface area contributed by atoms with E-state index in [4.69, 9.17) is 0 Å². The first kappa shape index (κ1) is 17.2. The van der Waals surface area contributed by atoms with Gasteiger partial charge in [-0.1, -0.05) is 37.3 Å². The molecule has 0 amide bonds. The number of benzene rings is 1. The molecule has 1 aromatic carbocycles. The third kappa shape index (κ3) is 8.33. The van der Waals surface area contributed by atoms with Crippen LogP contribution in [-0.2, 0) is 16.3 Å². The van der Waals surface area contributed by atoms with Crippen LogP contribution in [0.3, 0.4) is 0 Å². The Morgan fingerprint density at radius 2 is 1.85 bits per heavy atom. The monoisotopic (exact) mass is 297 g/mol. The Kier molecular flexibility index (Phi) is 7.85. The molecular weight excluding hydrogens is 270 g/mol. The van der Waals surface area contributed by atoms with Crippen LogP contribution in [0.5, 0.6) is 0 Å². The van der Waals surface area contributed by atoms with Gasteiger partial charge in [0.1, 0.15) is 9.84 Å². The molecule has 0 bridgehead atoms. The van der Waals surface area contributed by atoms with Gasteiger partial charge in [-0.05, 0) is 44.2 Å². The Bertz CT molecular complexity index is 457. The molecular formula is C16H27NO2S. The van der Waals surface area contributed by atoms with Gasteiger partial charge < -0.3 is 5.32 Å². The van der Waals surface area contributed by atoms with Crippen molar-refractivity contribution < 1.29 is 8.42 Å². The standard InChI is InChI=1S/C16H27NO2S/c1-3-13-17-16(10-7-14-20(2,18)19)12-11-15-8-5-4-6-9-15/h4-6,8-9,16-17H,3,7,10-14H2,1-2H3. The molecule has 20 heavy (non-hydrogen) atoms. The van der Waals surface area contributed by atoms with E-state index < -0.39 is 9.84 Å². The Hall–Kier alpha value is -0.870. The molecule has 1 aromatic rings. The molecule has 0 radical (unpaired) electrons. The fourth-order valence-corrected chi connectivity index (χ4v) is 2.97. The van der Waals surface area contributed by atoms with Crippen molar-refractivity contribution in [3.63, 3.8) is 0 Å². The van der Waals surface area contributed by atoms with Crippen molar-refractivity contribution in [3.8, 4) is 0 Å². The third-order valence-corrected chi connectivity index (χ3v) is 4.41. The van der Waals surface area contributed by atoms with Crippen LogP contribution in [0.4, 0.5) is 0 Å². The zero-order valence-corrected chi connectivity index (χ0v) is 13.5. The first-order chi connectivity index (χ1) is 9.51. The molecule has 1 unspecified atom stereocenters. The maximum absolute atomic E-state index is 11.2. The summed E-state index contributed by atoms with van der Waals surface area (Å²) in [5.41, 5.74) is 1.35. The van der Waals surface area contributed by atoms with E-state index in [1.165, 1.54) is 11.8 Å². The molecule has 1 atom stereocenters. The summed E-state index contributed by atoms with van der Waals surface area (Å²) in [7, 11) is -2.84. The molecule has 0 spiro atoms. The number of nitrogens with one attached hydrogen (secondary N) is 1. The fraction of sp³-hybridized carbons (Fsp3) is 0.625. The molecule has 0 saturated carbocycles. The first-order valence-electron chi connectivity index (χ1n) is 7.46. The Balaban J connectivity index is 2.39. The van der Waals surface area contributed by atoms with Gasteiger partial charge in [-0.3, -0.25) is 0 Å². The van der Waals surface area contributed by atoms with Crippen LogP contribution >= 0.6 is 0 Å². The number of rotatable bonds is 10. The SMILES string of the molecule is CCCNC(CCCS(C)(=O)=O)CCc1ccccc1. The highest BCUT2D eigenvalue weighted by molar-refractivity contribution is 7.90. The summed E-state index contributed by atoms with van der Waals surface area (Å²) in [6.07, 6.45) is 6.20. The lowest BCUT2D eigenvalue weighted by Crippen LogP contribution is -2.30. The van der Waals surface area contributed by atoms with Gasteiger partial charge in [0, 0.05) is 18.1 Å². The lowest BCUT2D eigenvalue weighted by Gasteiger charge is -2.18. The van der Waals surface area contributed by atoms with Crippen LogP contribution in [0, 0.1) is 0 Å². The molecule has 0 aliphatic carbocycles. The molecule has 114 valence electrons. The van der Waals surface area contributed by atoms with E-state index in [9.17, 15) is 8.42 Å². The zero-order chi connectivity index (χ0) is 14.8. The Morgan fingerprint density at radius 3 is 2.45 bits per heavy atom. The average molecular weight is 297 g/mol. The summed E-state index contributed by atoms with van der Waals surface area (Å²) < 4.78 is 22.4. The Labute approximate surface area is 123 Å². The van der Waals surface area contributed by atoms with E-state index in [1.807, 2.05) is 6.07 Å². The Morgan fingerprint density at radius 1 is 1.15 bits per heavy atom. The minimum Gasteiger partial charge on any atom is -0.314 e. The quantitative estimate of drug-likeness (QED) is 0.722. The summed E-state index contributed by atoms with van der Waals surface area (Å²) >= 11 is 0. The number of aryl methyl sites for hydroxylation is 1. The van der Waals surface area contributed by atoms with Gasteiger partial charge in [0.15, 0.2) is 0 Å². The molecule has 0 saturated heterocycles. The fourth-order valence-electron chi connectivity index (χ4n) is 2.27. The van der Waals surface area contributed by atoms with Gasteiger partial charge in [0.05, 0.1) is 0 Å². The second-order valence-corrected chi connectivity index (χ2v) is 7.71. The largest absolute Gasteiger partial charge is 0.314 e. The first-order valence-corrected chi connectivity index (χ1v) is 9.52. The average Bonchev–Trinajstić information content (AvgIpc) is 2.41. The van der Waals surface area contributed by atoms with Crippen LogP contribution in [0.15, 0.2) is 30.3 Å². The van der Waals surface area contributed by atoms with Crippen LogP contribution < -0.4 is 5.32 Å². The molecule has 0 aromatic heterocycles. The summed E-state index contributed by atoms with van der Waals surface area (Å²) in [6.45, 7) is 3.15. The number of hydrogen-bond acceptors (Lipinski definition) is 3. The van der Waals surface area contributed by atoms with Crippen LogP contribution in [0.2, 0.25) is 0 Å². The van der Waals surface area contributed by atoms with Gasteiger partial charge in [-0.25, -0.2) is 8.42 Å². The summed E-state index contributed by atoms with van der Waals surface area (Å²) in [5, 5.41) is 3.53. The van der Waals surface area contributed by atoms with Gasteiger partial charge in [-0.2, -0.15) is 0 Å². The van der Waals surface area contributed by atoms with Gasteiger partial charge in [0.2, 0.25) is 0 Å². The van der Waals surface area contributed by atoms with Crippen molar-refractivity contribution in [1.82, 2.24) is 5.32 Å². The van der Waals surface area contributed by atoms with E-state index >= 15 is 0 Å². The minimum absolute atomic E-state index is 0.294. The second kappa shape index (κ2) is 9.14. The molecule has 1 N–H and O–H groups in total. The number of hydrogen-bond donors (Lipinski definition) is 1. The van der Waals surface area contributed by atoms with E-state index in [0.29, 0.717) is 11.8 Å². The predicted molar refractivity (Wildman–Crippen MR) is 85.8 cm³/mol. The van der Waals surface area contributed by atoms with Crippen LogP contribution in [0.1, 0.15) is 38.2 Å². The van der Waals surface area contributed by atoms with Crippen LogP contribution in [-0.4, -0.2) is 33.0 Å². The predicted octanol–water partition coefficient (Wildman–Crippen LogP) is 2.81. The lowest BCUT2D eigenvalue weighted by atomic mass is 10.0. The van der Waals surface area contributed by atoms with E-state index in [1.54, 1.807) is 0 Å². The summed E-state index contributed by atoms with van der Waals surface area (Å²) in [5.74, 6) is 0.294. The smallest absolute Gasteiger partial charge is 0.147 e. The highest BCUT2D eigenvalue weighted by Gasteiger charge is 2.10. The molecule has 4 heteroatoms. The maximum atomic E-state index is 11.2. The van der Waals surface area contributed by atoms with Gasteiger partial charge >= 0.3 is 0 Å². The van der Waals surface area contributed by atoms with Crippen molar-refractivity contribution in [2.75, 3.05) is 18.6 Å². The van der Waals surface area contributed by atoms with E-state index in [0.717, 1.165) is 38.6 Å². The van der Waals surface area contributed by atoms with E-state index in [2.05, 4.69) is 36.5 Å². The van der Waals surface area contributed by atoms with E-state index in [-0.39, 0.29) is 0 Å². The van der Waals surface area contributed by atoms with Crippen molar-refractivity contribution in [2.24, 2.45) is 0 Å². The molecule has 3 nitrogen and oxygen atoms in total. The third-order valence-electron chi connectivity index (χ3n) is 3.38. The normalized spacial score (nSPS) is 13.3. The maximum Gasteiger partial charge on any atom is 0.147 e. The van der Waals surface area contributed by atoms with Crippen molar-refractivity contribution >= 4 is 9.84 Å². The molecule has 0 heterocycles. The molecule has 0 fully saturated rings. The topological polar surface area (TPSA) is 46.2 Å². The van der Waals surface area contributed by atoms with Crippen LogP contribution in [0.25, 0.3) is 0 Å². The number of sulfone groups is 1. The minimum atomic E-state index is -2.84. The zero-order valence-electron chi connectivity index (χ0n) is 12.6. The molecule has 0 aliphatic rings. The highest BCUT2D eigenvalue weighted by atomic mass is 32.2. The summed E-state index contributed by atoms with van der Waals surface area (Å²) in [4.78, 5) is 0. The molecule has 1 rings (SSSR count). The highest BCUT2D eigenvalue weighted by Crippen LogP contribution is 2.10. The lowest BCUT2D eigenvalue weighted by molar-refractivity contribution is 0.448. The van der Waals surface area contributed by atoms with Gasteiger partial charge in [-0.15, -0.1) is 0 Å². The second-order valence-electron chi connectivity index (χ2n) is 5.45. The molecule has 0 aliphatic heterocycles. The van der Waals surface area contributed by atoms with Crippen molar-refractivity contribution in [2.45, 2.75) is 45.1 Å². The van der Waals surface area contributed by atoms with Gasteiger partial charge in [0.25, 0.3) is 0 Å². The summed E-state index contributed by atoms with van der Waals surface area (Å²) in [6, 6.07) is 10.9.